The van der Waals surface area contributed by atoms with E-state index in [9.17, 15) is 0 Å². The molecule has 0 fully saturated rings. The molecule has 0 aromatic heterocycles. The third kappa shape index (κ3) is 3.39. The first-order valence-electron chi connectivity index (χ1n) is 1.40. The van der Waals surface area contributed by atoms with Gasteiger partial charge in [0.05, 0.1) is 0 Å². The summed E-state index contributed by atoms with van der Waals surface area (Å²) in [5, 5.41) is 0. The Labute approximate surface area is 43.9 Å². The average Bonchev–Trinajstić information content (AvgIpc) is 1.37. The van der Waals surface area contributed by atoms with E-state index in [2.05, 4.69) is 21.3 Å². The van der Waals surface area contributed by atoms with Gasteiger partial charge in [0.2, 0.25) is 0 Å². The molecular weight excluding hydrogens is 159 g/mol. The molecule has 0 radical (unpaired) electrons. The Kier molecular flexibility index (Phi) is 5.91. The normalized spacial score (nSPS) is 7.75. The predicted octanol–water partition coefficient (Wildman–Crippen LogP) is 0.212. The van der Waals surface area contributed by atoms with Crippen molar-refractivity contribution >= 4 is 32.6 Å². The third-order valence-corrected chi connectivity index (χ3v) is 1.94. The molecular formula is C2H5LiTe. The van der Waals surface area contributed by atoms with Gasteiger partial charge in [-0.2, -0.15) is 0 Å². The van der Waals surface area contributed by atoms with Crippen LogP contribution in [-0.2, 0) is 0 Å². The van der Waals surface area contributed by atoms with E-state index in [0.717, 1.165) is 0 Å². The molecule has 0 saturated carbocycles. The van der Waals surface area contributed by atoms with E-state index in [1.165, 1.54) is 4.47 Å². The Bertz CT molecular complexity index is 8.00. The van der Waals surface area contributed by atoms with Crippen molar-refractivity contribution in [3.05, 3.63) is 0 Å². The molecule has 0 amide bonds. The van der Waals surface area contributed by atoms with Gasteiger partial charge in [-0.15, -0.1) is 0 Å². The zero-order valence-electron chi connectivity index (χ0n) is 3.12. The van der Waals surface area contributed by atoms with Gasteiger partial charge in [-0.3, -0.25) is 0 Å². The fourth-order valence-corrected chi connectivity index (χ4v) is 0. The molecule has 0 atom stereocenters. The van der Waals surface area contributed by atoms with Crippen molar-refractivity contribution in [1.29, 1.82) is 0 Å². The van der Waals surface area contributed by atoms with Crippen molar-refractivity contribution in [3.8, 4) is 0 Å². The molecule has 20 valence electrons. The van der Waals surface area contributed by atoms with E-state index in [1.807, 2.05) is 0 Å². The molecule has 0 aliphatic heterocycles. The summed E-state index contributed by atoms with van der Waals surface area (Å²) in [5.41, 5.74) is 0. The Hall–Kier alpha value is 1.39. The Morgan fingerprint density at radius 1 is 2.00 bits per heavy atom. The van der Waals surface area contributed by atoms with Crippen LogP contribution in [0.5, 0.6) is 0 Å². The molecule has 0 spiro atoms. The average molecular weight is 164 g/mol. The molecule has 0 bridgehead atoms. The Morgan fingerprint density at radius 3 is 2.25 bits per heavy atom. The summed E-state index contributed by atoms with van der Waals surface area (Å²) in [5.74, 6) is 0. The summed E-state index contributed by atoms with van der Waals surface area (Å²) in [6.45, 7) is 2.24. The fraction of sp³-hybridized carbons (Fsp3) is 1.00. The topological polar surface area (TPSA) is 0 Å². The van der Waals surface area contributed by atoms with Gasteiger partial charge < -0.3 is 0 Å². The van der Waals surface area contributed by atoms with E-state index >= 15 is 0 Å². The molecule has 0 unspecified atom stereocenters. The summed E-state index contributed by atoms with van der Waals surface area (Å²) in [6.07, 6.45) is 0. The first kappa shape index (κ1) is 5.39. The second-order valence-corrected chi connectivity index (χ2v) is 3.87. The summed E-state index contributed by atoms with van der Waals surface area (Å²) >= 11 is 2.79. The van der Waals surface area contributed by atoms with Crippen molar-refractivity contribution in [2.45, 2.75) is 11.4 Å². The molecule has 2 heteroatoms. The second-order valence-electron chi connectivity index (χ2n) is 0.577. The van der Waals surface area contributed by atoms with Gasteiger partial charge in [0.15, 0.2) is 0 Å². The van der Waals surface area contributed by atoms with Crippen LogP contribution in [0.2, 0.25) is 4.47 Å². The standard InChI is InChI=1S/C2H6Te.Li/c1-2-3;/h3H,2H2,1H3;/q;+1/p-1. The zero-order valence-corrected chi connectivity index (χ0v) is 5.45. The molecule has 0 rings (SSSR count). The van der Waals surface area contributed by atoms with Gasteiger partial charge in [-0.05, 0) is 0 Å². The quantitative estimate of drug-likeness (QED) is 0.485. The summed E-state index contributed by atoms with van der Waals surface area (Å²) < 4.78 is 1.45. The van der Waals surface area contributed by atoms with E-state index < -0.39 is 0 Å². The third-order valence-electron chi connectivity index (χ3n) is 0.289. The molecule has 0 aliphatic rings. The van der Waals surface area contributed by atoms with Gasteiger partial charge in [-0.25, -0.2) is 0 Å². The summed E-state index contributed by atoms with van der Waals surface area (Å²) in [6, 6.07) is 0. The van der Waals surface area contributed by atoms with Gasteiger partial charge in [0.25, 0.3) is 0 Å². The van der Waals surface area contributed by atoms with E-state index in [0.29, 0.717) is 18.3 Å². The molecule has 0 heterocycles. The summed E-state index contributed by atoms with van der Waals surface area (Å²) in [4.78, 5) is 0. The van der Waals surface area contributed by atoms with Crippen molar-refractivity contribution in [3.63, 3.8) is 0 Å². The number of hydrogen-bond acceptors (Lipinski definition) is 0. The molecule has 0 aliphatic carbocycles. The molecule has 0 saturated heterocycles. The van der Waals surface area contributed by atoms with Crippen LogP contribution in [0.25, 0.3) is 0 Å². The SMILES string of the molecule is [Li][Te]CC. The van der Waals surface area contributed by atoms with Crippen LogP contribution in [0.4, 0.5) is 0 Å². The van der Waals surface area contributed by atoms with Crippen LogP contribution in [0.1, 0.15) is 6.92 Å². The van der Waals surface area contributed by atoms with Crippen LogP contribution in [0.3, 0.4) is 0 Å². The Morgan fingerprint density at radius 2 is 2.25 bits per heavy atom. The maximum absolute atomic E-state index is 2.31. The minimum atomic E-state index is 0.482. The van der Waals surface area contributed by atoms with E-state index in [4.69, 9.17) is 0 Å². The van der Waals surface area contributed by atoms with Crippen LogP contribution >= 0.6 is 0 Å². The first-order chi connectivity index (χ1) is 1.91. The predicted molar refractivity (Wildman–Crippen MR) is 22.0 cm³/mol. The van der Waals surface area contributed by atoms with Crippen molar-refractivity contribution < 1.29 is 0 Å². The molecule has 0 aromatic rings. The van der Waals surface area contributed by atoms with Gasteiger partial charge in [0.1, 0.15) is 0 Å². The van der Waals surface area contributed by atoms with E-state index in [-0.39, 0.29) is 0 Å². The van der Waals surface area contributed by atoms with Crippen LogP contribution in [-0.4, -0.2) is 32.6 Å². The van der Waals surface area contributed by atoms with Crippen molar-refractivity contribution in [2.24, 2.45) is 0 Å². The maximum atomic E-state index is 2.31. The van der Waals surface area contributed by atoms with Crippen molar-refractivity contribution in [2.75, 3.05) is 0 Å². The van der Waals surface area contributed by atoms with Gasteiger partial charge >= 0.3 is 44.0 Å². The van der Waals surface area contributed by atoms with Crippen LogP contribution in [0.15, 0.2) is 0 Å². The number of hydrogen-bond donors (Lipinski definition) is 0. The monoisotopic (exact) mass is 166 g/mol. The number of rotatable bonds is 1. The zero-order chi connectivity index (χ0) is 3.41. The first-order valence-corrected chi connectivity index (χ1v) is 5.38. The molecule has 0 aromatic carbocycles. The van der Waals surface area contributed by atoms with Crippen molar-refractivity contribution in [1.82, 2.24) is 0 Å². The fourth-order valence-electron chi connectivity index (χ4n) is 0. The second kappa shape index (κ2) is 4.39. The van der Waals surface area contributed by atoms with Crippen LogP contribution in [0, 0.1) is 0 Å². The minimum absolute atomic E-state index is 0.482. The van der Waals surface area contributed by atoms with Gasteiger partial charge in [0, 0.05) is 0 Å². The Balaban J connectivity index is 1.97. The summed E-state index contributed by atoms with van der Waals surface area (Å²) in [7, 11) is 0. The molecule has 4 heavy (non-hydrogen) atoms. The van der Waals surface area contributed by atoms with E-state index in [1.54, 1.807) is 0 Å². The van der Waals surface area contributed by atoms with Crippen LogP contribution < -0.4 is 0 Å². The molecule has 0 nitrogen and oxygen atoms in total. The molecule has 0 N–H and O–H groups in total. The van der Waals surface area contributed by atoms with Gasteiger partial charge in [-0.1, -0.05) is 0 Å².